The van der Waals surface area contributed by atoms with Crippen LogP contribution >= 0.6 is 0 Å². The predicted octanol–water partition coefficient (Wildman–Crippen LogP) is 2.75. The maximum Gasteiger partial charge on any atom is 0.341 e. The molecule has 1 saturated carbocycles. The Balaban J connectivity index is 2.27. The quantitative estimate of drug-likeness (QED) is 0.355. The third-order valence-corrected chi connectivity index (χ3v) is 2.89. The Labute approximate surface area is 111 Å². The number of rotatable bonds is 5. The van der Waals surface area contributed by atoms with E-state index in [-0.39, 0.29) is 29.7 Å². The minimum Gasteiger partial charge on any atom is -0.462 e. The van der Waals surface area contributed by atoms with Crippen LogP contribution in [0.3, 0.4) is 0 Å². The van der Waals surface area contributed by atoms with E-state index in [1.54, 1.807) is 6.92 Å². The number of esters is 1. The summed E-state index contributed by atoms with van der Waals surface area (Å²) in [6.07, 6.45) is 3.11. The van der Waals surface area contributed by atoms with E-state index in [4.69, 9.17) is 4.74 Å². The molecular formula is C15H15FO3. The first kappa shape index (κ1) is 13.5. The maximum atomic E-state index is 12.8. The lowest BCUT2D eigenvalue weighted by molar-refractivity contribution is -0.140. The van der Waals surface area contributed by atoms with Crippen LogP contribution in [-0.4, -0.2) is 18.4 Å². The van der Waals surface area contributed by atoms with Gasteiger partial charge in [0.2, 0.25) is 0 Å². The lowest BCUT2D eigenvalue weighted by Crippen LogP contribution is -2.17. The molecule has 1 fully saturated rings. The topological polar surface area (TPSA) is 43.4 Å². The fourth-order valence-electron chi connectivity index (χ4n) is 1.73. The maximum absolute atomic E-state index is 12.8. The van der Waals surface area contributed by atoms with Gasteiger partial charge >= 0.3 is 5.97 Å². The molecule has 0 heterocycles. The monoisotopic (exact) mass is 262 g/mol. The number of Topliss-reactive ketones (excluding diaryl/α,β-unsaturated/α-hetero) is 1. The van der Waals surface area contributed by atoms with Gasteiger partial charge in [-0.1, -0.05) is 12.1 Å². The number of halogens is 1. The lowest BCUT2D eigenvalue weighted by atomic mass is 10.0. The Kier molecular flexibility index (Phi) is 4.10. The van der Waals surface area contributed by atoms with Gasteiger partial charge in [0.25, 0.3) is 0 Å². The normalized spacial score (nSPS) is 15.2. The third kappa shape index (κ3) is 3.50. The minimum absolute atomic E-state index is 0.0518. The molecule has 0 unspecified atom stereocenters. The highest BCUT2D eigenvalue weighted by molar-refractivity contribution is 6.21. The first-order valence-corrected chi connectivity index (χ1v) is 6.30. The van der Waals surface area contributed by atoms with E-state index < -0.39 is 5.97 Å². The summed E-state index contributed by atoms with van der Waals surface area (Å²) in [6, 6.07) is 5.62. The molecule has 19 heavy (non-hydrogen) atoms. The molecule has 1 aromatic rings. The number of hydrogen-bond donors (Lipinski definition) is 0. The average Bonchev–Trinajstić information content (AvgIpc) is 3.22. The van der Waals surface area contributed by atoms with Crippen molar-refractivity contribution in [3.63, 3.8) is 0 Å². The van der Waals surface area contributed by atoms with Gasteiger partial charge in [0.15, 0.2) is 5.78 Å². The van der Waals surface area contributed by atoms with Crippen molar-refractivity contribution in [3.8, 4) is 0 Å². The number of ketones is 1. The zero-order valence-corrected chi connectivity index (χ0v) is 10.7. The van der Waals surface area contributed by atoms with Crippen molar-refractivity contribution < 1.29 is 18.7 Å². The lowest BCUT2D eigenvalue weighted by Gasteiger charge is -2.05. The van der Waals surface area contributed by atoms with Gasteiger partial charge in [-0.05, 0) is 43.5 Å². The van der Waals surface area contributed by atoms with Crippen LogP contribution < -0.4 is 0 Å². The molecule has 0 atom stereocenters. The van der Waals surface area contributed by atoms with Crippen molar-refractivity contribution in [2.45, 2.75) is 19.8 Å². The fraction of sp³-hybridized carbons (Fsp3) is 0.333. The molecule has 100 valence electrons. The molecule has 0 radical (unpaired) electrons. The number of ether oxygens (including phenoxy) is 1. The Morgan fingerprint density at radius 1 is 1.32 bits per heavy atom. The summed E-state index contributed by atoms with van der Waals surface area (Å²) in [5.41, 5.74) is 0.661. The Bertz CT molecular complexity index is 513. The summed E-state index contributed by atoms with van der Waals surface area (Å²) in [5, 5.41) is 0. The van der Waals surface area contributed by atoms with Crippen LogP contribution in [-0.2, 0) is 14.3 Å². The van der Waals surface area contributed by atoms with Gasteiger partial charge in [-0.15, -0.1) is 0 Å². The molecule has 2 rings (SSSR count). The van der Waals surface area contributed by atoms with Gasteiger partial charge in [-0.3, -0.25) is 4.79 Å². The molecule has 1 aliphatic carbocycles. The first-order chi connectivity index (χ1) is 9.11. The van der Waals surface area contributed by atoms with E-state index >= 15 is 0 Å². The summed E-state index contributed by atoms with van der Waals surface area (Å²) in [5.74, 6) is -1.20. The van der Waals surface area contributed by atoms with Crippen LogP contribution in [0.4, 0.5) is 4.39 Å². The van der Waals surface area contributed by atoms with Gasteiger partial charge in [0.1, 0.15) is 11.4 Å². The molecule has 1 aromatic carbocycles. The first-order valence-electron chi connectivity index (χ1n) is 6.30. The smallest absolute Gasteiger partial charge is 0.341 e. The van der Waals surface area contributed by atoms with Crippen molar-refractivity contribution >= 4 is 17.8 Å². The van der Waals surface area contributed by atoms with E-state index in [0.29, 0.717) is 5.56 Å². The summed E-state index contributed by atoms with van der Waals surface area (Å²) < 4.78 is 17.7. The van der Waals surface area contributed by atoms with Gasteiger partial charge in [0, 0.05) is 5.92 Å². The van der Waals surface area contributed by atoms with E-state index in [9.17, 15) is 14.0 Å². The van der Waals surface area contributed by atoms with Gasteiger partial charge in [0.05, 0.1) is 6.61 Å². The van der Waals surface area contributed by atoms with E-state index in [1.807, 2.05) is 0 Å². The molecule has 0 bridgehead atoms. The van der Waals surface area contributed by atoms with Crippen LogP contribution in [0.1, 0.15) is 25.3 Å². The van der Waals surface area contributed by atoms with E-state index in [2.05, 4.69) is 0 Å². The van der Waals surface area contributed by atoms with Crippen molar-refractivity contribution in [1.82, 2.24) is 0 Å². The van der Waals surface area contributed by atoms with Crippen LogP contribution in [0, 0.1) is 11.7 Å². The second kappa shape index (κ2) is 5.78. The molecule has 4 heteroatoms. The SMILES string of the molecule is CCOC(=O)C(=Cc1ccc(F)cc1)C(=O)C1CC1. The molecular weight excluding hydrogens is 247 g/mol. The average molecular weight is 262 g/mol. The van der Waals surface area contributed by atoms with Crippen LogP contribution in [0.25, 0.3) is 6.08 Å². The largest absolute Gasteiger partial charge is 0.462 e. The van der Waals surface area contributed by atoms with Crippen LogP contribution in [0.2, 0.25) is 0 Å². The summed E-state index contributed by atoms with van der Waals surface area (Å²) in [6.45, 7) is 1.91. The van der Waals surface area contributed by atoms with Crippen molar-refractivity contribution in [2.24, 2.45) is 5.92 Å². The second-order valence-electron chi connectivity index (χ2n) is 4.47. The van der Waals surface area contributed by atoms with Gasteiger partial charge in [-0.25, -0.2) is 9.18 Å². The molecule has 0 saturated heterocycles. The third-order valence-electron chi connectivity index (χ3n) is 2.89. The fourth-order valence-corrected chi connectivity index (χ4v) is 1.73. The zero-order chi connectivity index (χ0) is 13.8. The van der Waals surface area contributed by atoms with Gasteiger partial charge < -0.3 is 4.74 Å². The minimum atomic E-state index is -0.608. The van der Waals surface area contributed by atoms with Crippen molar-refractivity contribution in [3.05, 3.63) is 41.2 Å². The highest BCUT2D eigenvalue weighted by Gasteiger charge is 2.34. The van der Waals surface area contributed by atoms with Crippen LogP contribution in [0.5, 0.6) is 0 Å². The molecule has 0 N–H and O–H groups in total. The standard InChI is InChI=1S/C15H15FO3/c1-2-19-15(18)13(14(17)11-5-6-11)9-10-3-7-12(16)8-4-10/h3-4,7-9,11H,2,5-6H2,1H3. The molecule has 0 spiro atoms. The number of carbonyl (C=O) groups excluding carboxylic acids is 2. The summed E-state index contributed by atoms with van der Waals surface area (Å²) >= 11 is 0. The molecule has 0 amide bonds. The number of hydrogen-bond acceptors (Lipinski definition) is 3. The predicted molar refractivity (Wildman–Crippen MR) is 68.7 cm³/mol. The van der Waals surface area contributed by atoms with E-state index in [1.165, 1.54) is 30.3 Å². The van der Waals surface area contributed by atoms with E-state index in [0.717, 1.165) is 12.8 Å². The van der Waals surface area contributed by atoms with Crippen LogP contribution in [0.15, 0.2) is 29.8 Å². The zero-order valence-electron chi connectivity index (χ0n) is 10.7. The molecule has 0 aliphatic heterocycles. The Morgan fingerprint density at radius 3 is 2.47 bits per heavy atom. The number of carbonyl (C=O) groups is 2. The second-order valence-corrected chi connectivity index (χ2v) is 4.47. The highest BCUT2D eigenvalue weighted by atomic mass is 19.1. The Hall–Kier alpha value is -1.97. The van der Waals surface area contributed by atoms with Crippen molar-refractivity contribution in [2.75, 3.05) is 6.61 Å². The summed E-state index contributed by atoms with van der Waals surface area (Å²) in [4.78, 5) is 23.9. The molecule has 3 nitrogen and oxygen atoms in total. The van der Waals surface area contributed by atoms with Crippen molar-refractivity contribution in [1.29, 1.82) is 0 Å². The molecule has 0 aromatic heterocycles. The summed E-state index contributed by atoms with van der Waals surface area (Å²) in [7, 11) is 0. The number of benzene rings is 1. The highest BCUT2D eigenvalue weighted by Crippen LogP contribution is 2.33. The van der Waals surface area contributed by atoms with Gasteiger partial charge in [-0.2, -0.15) is 0 Å². The Morgan fingerprint density at radius 2 is 1.95 bits per heavy atom. The molecule has 1 aliphatic rings.